The quantitative estimate of drug-likeness (QED) is 0.315. The number of carbonyl (C=O) groups excluding carboxylic acids is 2. The Morgan fingerprint density at radius 3 is 2.30 bits per heavy atom. The molecule has 0 saturated carbocycles. The molecule has 0 aliphatic rings. The average molecular weight is 444 g/mol. The molecule has 0 atom stereocenters. The maximum atomic E-state index is 13.0. The number of phenols is 1. The highest BCUT2D eigenvalue weighted by molar-refractivity contribution is 6.33. The van der Waals surface area contributed by atoms with Crippen molar-refractivity contribution in [3.8, 4) is 5.75 Å². The second kappa shape index (κ2) is 7.09. The number of hydrogen-bond donors (Lipinski definition) is 2. The van der Waals surface area contributed by atoms with E-state index in [-0.39, 0.29) is 27.8 Å². The lowest BCUT2D eigenvalue weighted by Crippen LogP contribution is -2.15. The number of nitrogens with zero attached hydrogens (tertiary/aromatic N) is 1. The molecule has 3 aromatic carbocycles. The predicted molar refractivity (Wildman–Crippen MR) is 125 cm³/mol. The molecule has 5 aromatic rings. The van der Waals surface area contributed by atoms with E-state index in [1.807, 2.05) is 24.3 Å². The van der Waals surface area contributed by atoms with Crippen LogP contribution in [0.25, 0.3) is 43.5 Å². The number of phenolic OH excluding ortho intramolecular Hbond substituents is 1. The fourth-order valence-electron chi connectivity index (χ4n) is 4.86. The van der Waals surface area contributed by atoms with Gasteiger partial charge in [0.1, 0.15) is 5.75 Å². The molecule has 0 amide bonds. The van der Waals surface area contributed by atoms with Gasteiger partial charge in [-0.05, 0) is 24.6 Å². The Hall–Kier alpha value is -4.33. The van der Waals surface area contributed by atoms with Crippen LogP contribution in [0.15, 0.2) is 41.2 Å². The number of nitrogens with one attached hydrogen (secondary N) is 1. The van der Waals surface area contributed by atoms with Gasteiger partial charge in [0.15, 0.2) is 0 Å². The summed E-state index contributed by atoms with van der Waals surface area (Å²) < 4.78 is 11.9. The van der Waals surface area contributed by atoms with Crippen molar-refractivity contribution in [1.29, 1.82) is 0 Å². The zero-order valence-corrected chi connectivity index (χ0v) is 18.4. The van der Waals surface area contributed by atoms with E-state index in [1.54, 1.807) is 24.6 Å². The van der Waals surface area contributed by atoms with Crippen molar-refractivity contribution in [2.24, 2.45) is 7.05 Å². The molecular formula is C25H20N2O6. The van der Waals surface area contributed by atoms with Gasteiger partial charge >= 0.3 is 11.9 Å². The molecule has 8 heteroatoms. The maximum Gasteiger partial charge on any atom is 0.340 e. The van der Waals surface area contributed by atoms with Crippen molar-refractivity contribution in [2.45, 2.75) is 6.92 Å². The Morgan fingerprint density at radius 2 is 1.61 bits per heavy atom. The Morgan fingerprint density at radius 1 is 0.939 bits per heavy atom. The summed E-state index contributed by atoms with van der Waals surface area (Å²) in [5.41, 5.74) is 1.80. The minimum atomic E-state index is -0.763. The minimum absolute atomic E-state index is 0.0271. The molecule has 2 N–H and O–H groups in total. The van der Waals surface area contributed by atoms with Crippen molar-refractivity contribution in [2.75, 3.05) is 14.2 Å². The lowest BCUT2D eigenvalue weighted by atomic mass is 9.91. The van der Waals surface area contributed by atoms with Gasteiger partial charge < -0.3 is 24.1 Å². The first-order valence-corrected chi connectivity index (χ1v) is 10.2. The highest BCUT2D eigenvalue weighted by Crippen LogP contribution is 2.45. The van der Waals surface area contributed by atoms with Crippen molar-refractivity contribution >= 4 is 55.4 Å². The van der Waals surface area contributed by atoms with Crippen LogP contribution in [0.3, 0.4) is 0 Å². The molecule has 0 fully saturated rings. The van der Waals surface area contributed by atoms with Gasteiger partial charge in [-0.15, -0.1) is 0 Å². The molecule has 0 saturated heterocycles. The van der Waals surface area contributed by atoms with E-state index in [0.29, 0.717) is 32.8 Å². The van der Waals surface area contributed by atoms with E-state index in [0.717, 1.165) is 10.9 Å². The fourth-order valence-corrected chi connectivity index (χ4v) is 4.86. The monoisotopic (exact) mass is 444 g/mol. The van der Waals surface area contributed by atoms with Crippen molar-refractivity contribution in [3.63, 3.8) is 0 Å². The number of ether oxygens (including phenoxy) is 2. The molecule has 166 valence electrons. The number of carbonyl (C=O) groups is 2. The fraction of sp³-hybridized carbons (Fsp3) is 0.160. The highest BCUT2D eigenvalue weighted by atomic mass is 16.5. The van der Waals surface area contributed by atoms with Gasteiger partial charge in [0.2, 0.25) is 5.56 Å². The summed E-state index contributed by atoms with van der Waals surface area (Å²) >= 11 is 0. The SMILES string of the molecule is COC(=O)c1c(C(=O)OC)c2c(c3ccccc3n2C)c2c(O)c3c(C)cc(=O)[nH]c3cc12. The van der Waals surface area contributed by atoms with Gasteiger partial charge in [0.05, 0.1) is 36.4 Å². The number of aromatic amines is 1. The van der Waals surface area contributed by atoms with Gasteiger partial charge in [-0.1, -0.05) is 18.2 Å². The summed E-state index contributed by atoms with van der Waals surface area (Å²) in [4.78, 5) is 40.9. The number of esters is 2. The molecule has 2 heterocycles. The standard InChI is InChI=1S/C25H20N2O6/c1-11-9-16(28)26-14-10-13-19(23(29)17(11)14)18-12-7-5-6-8-15(12)27(2)22(18)21(25(31)33-4)20(13)24(30)32-3/h5-10,29H,1-4H3,(H,26,28). The average Bonchev–Trinajstić information content (AvgIpc) is 3.09. The Balaban J connectivity index is 2.24. The topological polar surface area (TPSA) is 111 Å². The maximum absolute atomic E-state index is 13.0. The highest BCUT2D eigenvalue weighted by Gasteiger charge is 2.31. The molecule has 5 rings (SSSR count). The Labute approximate surface area is 186 Å². The first kappa shape index (κ1) is 20.6. The number of hydrogen-bond acceptors (Lipinski definition) is 6. The number of benzene rings is 3. The Bertz CT molecular complexity index is 1730. The zero-order valence-electron chi connectivity index (χ0n) is 18.4. The molecule has 0 aliphatic heterocycles. The third kappa shape index (κ3) is 2.67. The molecule has 0 spiro atoms. The van der Waals surface area contributed by atoms with Crippen LogP contribution in [-0.2, 0) is 16.5 Å². The number of aromatic hydroxyl groups is 1. The largest absolute Gasteiger partial charge is 0.507 e. The Kier molecular flexibility index (Phi) is 4.42. The second-order valence-electron chi connectivity index (χ2n) is 7.92. The summed E-state index contributed by atoms with van der Waals surface area (Å²) in [5.74, 6) is -1.58. The molecule has 2 aromatic heterocycles. The lowest BCUT2D eigenvalue weighted by Gasteiger charge is -2.16. The molecule has 0 bridgehead atoms. The van der Waals surface area contributed by atoms with Gasteiger partial charge in [-0.25, -0.2) is 9.59 Å². The molecular weight excluding hydrogens is 424 g/mol. The number of H-pyrrole nitrogens is 1. The third-order valence-corrected chi connectivity index (χ3v) is 6.19. The van der Waals surface area contributed by atoms with E-state index in [9.17, 15) is 19.5 Å². The van der Waals surface area contributed by atoms with Crippen LogP contribution in [0.5, 0.6) is 5.75 Å². The zero-order chi connectivity index (χ0) is 23.6. The molecule has 0 radical (unpaired) electrons. The van der Waals surface area contributed by atoms with Gasteiger partial charge in [-0.3, -0.25) is 4.79 Å². The number of fused-ring (bicyclic) bond motifs is 6. The van der Waals surface area contributed by atoms with E-state index >= 15 is 0 Å². The normalized spacial score (nSPS) is 11.5. The van der Waals surface area contributed by atoms with E-state index < -0.39 is 11.9 Å². The van der Waals surface area contributed by atoms with Gasteiger partial charge in [0.25, 0.3) is 0 Å². The van der Waals surface area contributed by atoms with Crippen LogP contribution in [0.2, 0.25) is 0 Å². The van der Waals surface area contributed by atoms with Crippen LogP contribution in [0.4, 0.5) is 0 Å². The number of rotatable bonds is 2. The minimum Gasteiger partial charge on any atom is -0.507 e. The summed E-state index contributed by atoms with van der Waals surface area (Å²) in [7, 11) is 4.24. The molecule has 33 heavy (non-hydrogen) atoms. The predicted octanol–water partition coefficient (Wildman–Crippen LogP) is 3.91. The smallest absolute Gasteiger partial charge is 0.340 e. The first-order chi connectivity index (χ1) is 15.8. The number of aryl methyl sites for hydroxylation is 2. The van der Waals surface area contributed by atoms with Crippen LogP contribution in [-0.4, -0.2) is 40.8 Å². The summed E-state index contributed by atoms with van der Waals surface area (Å²) in [5, 5.41) is 14.0. The van der Waals surface area contributed by atoms with Crippen LogP contribution in [0.1, 0.15) is 26.3 Å². The second-order valence-corrected chi connectivity index (χ2v) is 7.92. The van der Waals surface area contributed by atoms with Crippen LogP contribution in [0, 0.1) is 6.92 Å². The van der Waals surface area contributed by atoms with E-state index in [1.165, 1.54) is 20.3 Å². The van der Waals surface area contributed by atoms with Crippen molar-refractivity contribution < 1.29 is 24.2 Å². The number of aromatic nitrogens is 2. The van der Waals surface area contributed by atoms with Crippen LogP contribution < -0.4 is 5.56 Å². The van der Waals surface area contributed by atoms with Crippen molar-refractivity contribution in [3.05, 3.63) is 63.4 Å². The van der Waals surface area contributed by atoms with Gasteiger partial charge in [-0.2, -0.15) is 0 Å². The molecule has 8 nitrogen and oxygen atoms in total. The number of pyridine rings is 1. The molecule has 0 aliphatic carbocycles. The molecule has 0 unspecified atom stereocenters. The summed E-state index contributed by atoms with van der Waals surface area (Å²) in [6.45, 7) is 1.73. The van der Waals surface area contributed by atoms with E-state index in [2.05, 4.69) is 4.98 Å². The number of para-hydroxylation sites is 1. The van der Waals surface area contributed by atoms with Gasteiger partial charge in [0, 0.05) is 45.6 Å². The lowest BCUT2D eigenvalue weighted by molar-refractivity contribution is 0.0558. The van der Waals surface area contributed by atoms with Crippen LogP contribution >= 0.6 is 0 Å². The first-order valence-electron chi connectivity index (χ1n) is 10.2. The van der Waals surface area contributed by atoms with E-state index in [4.69, 9.17) is 9.47 Å². The third-order valence-electron chi connectivity index (χ3n) is 6.19. The number of methoxy groups -OCH3 is 2. The summed E-state index contributed by atoms with van der Waals surface area (Å²) in [6, 6.07) is 10.5. The summed E-state index contributed by atoms with van der Waals surface area (Å²) in [6.07, 6.45) is 0. The van der Waals surface area contributed by atoms with Crippen molar-refractivity contribution in [1.82, 2.24) is 9.55 Å².